The van der Waals surface area contributed by atoms with Crippen LogP contribution in [0.3, 0.4) is 0 Å². The van der Waals surface area contributed by atoms with Crippen molar-refractivity contribution in [2.75, 3.05) is 5.32 Å². The molecule has 0 bridgehead atoms. The van der Waals surface area contributed by atoms with Gasteiger partial charge in [-0.15, -0.1) is 11.3 Å². The SMILES string of the molecule is O=C(Nc1cccc(-n2cccc2)c1)c1sccc1Br. The van der Waals surface area contributed by atoms with Gasteiger partial charge in [-0.1, -0.05) is 6.07 Å². The molecule has 2 heterocycles. The minimum absolute atomic E-state index is 0.100. The fourth-order valence-electron chi connectivity index (χ4n) is 1.89. The predicted octanol–water partition coefficient (Wildman–Crippen LogP) is 4.55. The Kier molecular flexibility index (Phi) is 3.71. The third-order valence-electron chi connectivity index (χ3n) is 2.83. The topological polar surface area (TPSA) is 34.0 Å². The molecule has 0 aliphatic rings. The smallest absolute Gasteiger partial charge is 0.266 e. The number of hydrogen-bond donors (Lipinski definition) is 1. The first-order valence-electron chi connectivity index (χ1n) is 6.02. The lowest BCUT2D eigenvalue weighted by Gasteiger charge is -2.08. The molecule has 3 nitrogen and oxygen atoms in total. The standard InChI is InChI=1S/C15H11BrN2OS/c16-13-6-9-20-14(13)15(19)17-11-4-3-5-12(10-11)18-7-1-2-8-18/h1-10H,(H,17,19). The number of amides is 1. The number of anilines is 1. The molecule has 3 aromatic rings. The predicted molar refractivity (Wildman–Crippen MR) is 85.7 cm³/mol. The van der Waals surface area contributed by atoms with E-state index in [1.165, 1.54) is 11.3 Å². The summed E-state index contributed by atoms with van der Waals surface area (Å²) >= 11 is 4.79. The molecule has 2 aromatic heterocycles. The van der Waals surface area contributed by atoms with Crippen molar-refractivity contribution in [3.05, 3.63) is 69.6 Å². The molecule has 0 aliphatic carbocycles. The van der Waals surface area contributed by atoms with Gasteiger partial charge in [0.25, 0.3) is 5.91 Å². The molecule has 0 aliphatic heterocycles. The maximum atomic E-state index is 12.2. The highest BCUT2D eigenvalue weighted by atomic mass is 79.9. The Hall–Kier alpha value is -1.85. The van der Waals surface area contributed by atoms with E-state index in [4.69, 9.17) is 0 Å². The molecule has 5 heteroatoms. The molecule has 0 saturated carbocycles. The lowest BCUT2D eigenvalue weighted by molar-refractivity contribution is 0.103. The van der Waals surface area contributed by atoms with Crippen molar-refractivity contribution in [2.24, 2.45) is 0 Å². The van der Waals surface area contributed by atoms with E-state index in [-0.39, 0.29) is 5.91 Å². The van der Waals surface area contributed by atoms with Crippen LogP contribution in [-0.2, 0) is 0 Å². The van der Waals surface area contributed by atoms with Crippen LogP contribution in [0, 0.1) is 0 Å². The lowest BCUT2D eigenvalue weighted by Crippen LogP contribution is -2.10. The minimum atomic E-state index is -0.100. The summed E-state index contributed by atoms with van der Waals surface area (Å²) in [6.07, 6.45) is 3.94. The first kappa shape index (κ1) is 13.1. The van der Waals surface area contributed by atoms with Gasteiger partial charge >= 0.3 is 0 Å². The van der Waals surface area contributed by atoms with Gasteiger partial charge in [-0.3, -0.25) is 4.79 Å². The molecule has 3 rings (SSSR count). The van der Waals surface area contributed by atoms with E-state index < -0.39 is 0 Å². The van der Waals surface area contributed by atoms with Gasteiger partial charge in [-0.05, 0) is 57.7 Å². The molecule has 0 fully saturated rings. The Morgan fingerprint density at radius 3 is 2.65 bits per heavy atom. The zero-order valence-electron chi connectivity index (χ0n) is 10.4. The normalized spacial score (nSPS) is 10.4. The monoisotopic (exact) mass is 346 g/mol. The average molecular weight is 347 g/mol. The number of nitrogens with one attached hydrogen (secondary N) is 1. The lowest BCUT2D eigenvalue weighted by atomic mass is 10.2. The number of thiophene rings is 1. The third kappa shape index (κ3) is 2.69. The van der Waals surface area contributed by atoms with Crippen LogP contribution in [0.5, 0.6) is 0 Å². The zero-order chi connectivity index (χ0) is 13.9. The van der Waals surface area contributed by atoms with Gasteiger partial charge in [0.15, 0.2) is 0 Å². The Bertz CT molecular complexity index is 734. The van der Waals surface area contributed by atoms with Crippen molar-refractivity contribution >= 4 is 38.9 Å². The summed E-state index contributed by atoms with van der Waals surface area (Å²) in [6.45, 7) is 0. The summed E-state index contributed by atoms with van der Waals surface area (Å²) in [5.41, 5.74) is 1.79. The van der Waals surface area contributed by atoms with Gasteiger partial charge in [0, 0.05) is 28.2 Å². The van der Waals surface area contributed by atoms with E-state index in [9.17, 15) is 4.79 Å². The summed E-state index contributed by atoms with van der Waals surface area (Å²) in [5.74, 6) is -0.100. The highest BCUT2D eigenvalue weighted by molar-refractivity contribution is 9.10. The molecule has 0 saturated heterocycles. The highest BCUT2D eigenvalue weighted by Crippen LogP contribution is 2.24. The maximum absolute atomic E-state index is 12.2. The fraction of sp³-hybridized carbons (Fsp3) is 0. The zero-order valence-corrected chi connectivity index (χ0v) is 12.8. The molecule has 0 spiro atoms. The highest BCUT2D eigenvalue weighted by Gasteiger charge is 2.11. The first-order valence-corrected chi connectivity index (χ1v) is 7.69. The molecule has 1 aromatic carbocycles. The molecule has 1 N–H and O–H groups in total. The molecular formula is C15H11BrN2OS. The van der Waals surface area contributed by atoms with E-state index >= 15 is 0 Å². The van der Waals surface area contributed by atoms with E-state index in [0.29, 0.717) is 4.88 Å². The van der Waals surface area contributed by atoms with Gasteiger partial charge in [-0.25, -0.2) is 0 Å². The molecule has 0 unspecified atom stereocenters. The second-order valence-electron chi connectivity index (χ2n) is 4.19. The number of hydrogen-bond acceptors (Lipinski definition) is 2. The molecule has 0 radical (unpaired) electrons. The van der Waals surface area contributed by atoms with Crippen LogP contribution >= 0.6 is 27.3 Å². The number of halogens is 1. The van der Waals surface area contributed by atoms with Crippen LogP contribution in [-0.4, -0.2) is 10.5 Å². The Labute approximate surface area is 129 Å². The number of carbonyl (C=O) groups excluding carboxylic acids is 1. The van der Waals surface area contributed by atoms with Crippen molar-refractivity contribution in [3.8, 4) is 5.69 Å². The van der Waals surface area contributed by atoms with Gasteiger partial charge in [0.05, 0.1) is 0 Å². The minimum Gasteiger partial charge on any atom is -0.324 e. The van der Waals surface area contributed by atoms with Crippen molar-refractivity contribution in [1.82, 2.24) is 4.57 Å². The Balaban J connectivity index is 1.83. The van der Waals surface area contributed by atoms with E-state index in [2.05, 4.69) is 21.2 Å². The number of benzene rings is 1. The van der Waals surface area contributed by atoms with Crippen LogP contribution in [0.2, 0.25) is 0 Å². The largest absolute Gasteiger partial charge is 0.324 e. The number of nitrogens with zero attached hydrogens (tertiary/aromatic N) is 1. The van der Waals surface area contributed by atoms with Crippen LogP contribution in [0.15, 0.2) is 64.7 Å². The third-order valence-corrected chi connectivity index (χ3v) is 4.67. The molecular weight excluding hydrogens is 336 g/mol. The quantitative estimate of drug-likeness (QED) is 0.741. The molecule has 0 atom stereocenters. The summed E-state index contributed by atoms with van der Waals surface area (Å²) in [4.78, 5) is 12.8. The van der Waals surface area contributed by atoms with Gasteiger partial charge in [-0.2, -0.15) is 0 Å². The van der Waals surface area contributed by atoms with Crippen molar-refractivity contribution in [1.29, 1.82) is 0 Å². The van der Waals surface area contributed by atoms with E-state index in [1.54, 1.807) is 0 Å². The fourth-order valence-corrected chi connectivity index (χ4v) is 3.34. The summed E-state index contributed by atoms with van der Waals surface area (Å²) < 4.78 is 2.82. The van der Waals surface area contributed by atoms with Crippen LogP contribution in [0.25, 0.3) is 5.69 Å². The second-order valence-corrected chi connectivity index (χ2v) is 5.96. The molecule has 1 amide bonds. The first-order chi connectivity index (χ1) is 9.74. The van der Waals surface area contributed by atoms with Gasteiger partial charge in [0.1, 0.15) is 4.88 Å². The van der Waals surface area contributed by atoms with Crippen LogP contribution in [0.4, 0.5) is 5.69 Å². The van der Waals surface area contributed by atoms with Gasteiger partial charge < -0.3 is 9.88 Å². The summed E-state index contributed by atoms with van der Waals surface area (Å²) in [5, 5.41) is 4.80. The van der Waals surface area contributed by atoms with Crippen molar-refractivity contribution < 1.29 is 4.79 Å². The van der Waals surface area contributed by atoms with Crippen molar-refractivity contribution in [3.63, 3.8) is 0 Å². The van der Waals surface area contributed by atoms with Crippen molar-refractivity contribution in [2.45, 2.75) is 0 Å². The summed E-state index contributed by atoms with van der Waals surface area (Å²) in [7, 11) is 0. The van der Waals surface area contributed by atoms with Gasteiger partial charge in [0.2, 0.25) is 0 Å². The Morgan fingerprint density at radius 2 is 1.95 bits per heavy atom. The molecule has 20 heavy (non-hydrogen) atoms. The number of aromatic nitrogens is 1. The van der Waals surface area contributed by atoms with Crippen LogP contribution in [0.1, 0.15) is 9.67 Å². The van der Waals surface area contributed by atoms with E-state index in [0.717, 1.165) is 15.8 Å². The number of rotatable bonds is 3. The Morgan fingerprint density at radius 1 is 1.15 bits per heavy atom. The maximum Gasteiger partial charge on any atom is 0.266 e. The second kappa shape index (κ2) is 5.64. The molecule has 100 valence electrons. The summed E-state index contributed by atoms with van der Waals surface area (Å²) in [6, 6.07) is 13.6. The number of carbonyl (C=O) groups is 1. The average Bonchev–Trinajstić information content (AvgIpc) is 3.09. The van der Waals surface area contributed by atoms with E-state index in [1.807, 2.05) is 64.8 Å². The van der Waals surface area contributed by atoms with Crippen LogP contribution < -0.4 is 5.32 Å².